The quantitative estimate of drug-likeness (QED) is 0.426. The predicted molar refractivity (Wildman–Crippen MR) is 131 cm³/mol. The molecule has 0 fully saturated rings. The molecule has 0 radical (unpaired) electrons. The van der Waals surface area contributed by atoms with E-state index in [4.69, 9.17) is 0 Å². The van der Waals surface area contributed by atoms with Gasteiger partial charge in [0.25, 0.3) is 5.91 Å². The number of anilines is 1. The number of hydrogen-bond acceptors (Lipinski definition) is 5. The highest BCUT2D eigenvalue weighted by atomic mass is 79.9. The minimum absolute atomic E-state index is 0.126. The summed E-state index contributed by atoms with van der Waals surface area (Å²) in [5.74, 6) is 0.571. The minimum atomic E-state index is -0.152. The summed E-state index contributed by atoms with van der Waals surface area (Å²) in [6.07, 6.45) is 0. The number of thioether (sulfide) groups is 1. The van der Waals surface area contributed by atoms with Crippen LogP contribution in [0.4, 0.5) is 5.69 Å². The van der Waals surface area contributed by atoms with Crippen LogP contribution in [-0.2, 0) is 17.9 Å². The highest BCUT2D eigenvalue weighted by Gasteiger charge is 2.16. The van der Waals surface area contributed by atoms with Gasteiger partial charge in [-0.25, -0.2) is 0 Å². The Labute approximate surface area is 200 Å². The Morgan fingerprint density at radius 1 is 1.06 bits per heavy atom. The summed E-state index contributed by atoms with van der Waals surface area (Å²) in [7, 11) is 0. The molecular weight excluding hydrogens is 490 g/mol. The molecule has 3 aromatic rings. The van der Waals surface area contributed by atoms with Gasteiger partial charge in [0.1, 0.15) is 0 Å². The lowest BCUT2D eigenvalue weighted by Crippen LogP contribution is -2.25. The van der Waals surface area contributed by atoms with E-state index < -0.39 is 0 Å². The van der Waals surface area contributed by atoms with Crippen LogP contribution in [-0.4, -0.2) is 32.3 Å². The summed E-state index contributed by atoms with van der Waals surface area (Å²) in [6, 6.07) is 11.4. The van der Waals surface area contributed by atoms with Crippen molar-refractivity contribution in [2.75, 3.05) is 11.1 Å². The summed E-state index contributed by atoms with van der Waals surface area (Å²) >= 11 is 4.82. The molecule has 0 saturated carbocycles. The number of nitrogens with zero attached hydrogens (tertiary/aromatic N) is 3. The number of nitrogens with one attached hydrogen (secondary N) is 2. The number of hydrogen-bond donors (Lipinski definition) is 2. The Morgan fingerprint density at radius 2 is 1.78 bits per heavy atom. The summed E-state index contributed by atoms with van der Waals surface area (Å²) in [5, 5.41) is 14.9. The number of halogens is 1. The average molecular weight is 516 g/mol. The number of amides is 2. The molecule has 0 bridgehead atoms. The summed E-state index contributed by atoms with van der Waals surface area (Å²) in [4.78, 5) is 25.0. The van der Waals surface area contributed by atoms with Crippen molar-refractivity contribution >= 4 is 45.2 Å². The van der Waals surface area contributed by atoms with E-state index in [2.05, 4.69) is 36.8 Å². The monoisotopic (exact) mass is 515 g/mol. The second-order valence-electron chi connectivity index (χ2n) is 7.39. The maximum Gasteiger partial charge on any atom is 0.251 e. The summed E-state index contributed by atoms with van der Waals surface area (Å²) in [6.45, 7) is 8.81. The zero-order valence-corrected chi connectivity index (χ0v) is 20.9. The van der Waals surface area contributed by atoms with Gasteiger partial charge in [-0.2, -0.15) is 0 Å². The lowest BCUT2D eigenvalue weighted by Gasteiger charge is -2.11. The molecule has 0 aliphatic rings. The van der Waals surface area contributed by atoms with Gasteiger partial charge in [-0.3, -0.25) is 9.59 Å². The molecule has 3 rings (SSSR count). The maximum atomic E-state index is 12.5. The molecule has 0 aliphatic heterocycles. The lowest BCUT2D eigenvalue weighted by atomic mass is 10.1. The van der Waals surface area contributed by atoms with E-state index in [1.165, 1.54) is 11.8 Å². The molecule has 0 saturated heterocycles. The van der Waals surface area contributed by atoms with Crippen LogP contribution in [0.3, 0.4) is 0 Å². The van der Waals surface area contributed by atoms with Gasteiger partial charge >= 0.3 is 0 Å². The van der Waals surface area contributed by atoms with E-state index in [0.717, 1.165) is 26.9 Å². The van der Waals surface area contributed by atoms with Crippen LogP contribution in [0.15, 0.2) is 46.0 Å². The molecule has 2 amide bonds. The van der Waals surface area contributed by atoms with E-state index in [1.54, 1.807) is 6.07 Å². The third kappa shape index (κ3) is 5.77. The summed E-state index contributed by atoms with van der Waals surface area (Å²) in [5.41, 5.74) is 4.57. The van der Waals surface area contributed by atoms with Crippen molar-refractivity contribution in [3.8, 4) is 0 Å². The number of aromatic nitrogens is 3. The molecule has 9 heteroatoms. The van der Waals surface area contributed by atoms with Crippen LogP contribution in [0.5, 0.6) is 0 Å². The molecule has 2 aromatic carbocycles. The van der Waals surface area contributed by atoms with Gasteiger partial charge in [0.05, 0.1) is 18.0 Å². The normalized spacial score (nSPS) is 10.8. The SMILES string of the molecule is CCn1c(CNC(=O)c2ccccc2C)nnc1SCC(=O)Nc1cc(C)c(C)cc1Br. The van der Waals surface area contributed by atoms with Crippen LogP contribution in [0.25, 0.3) is 0 Å². The van der Waals surface area contributed by atoms with Crippen molar-refractivity contribution in [3.05, 3.63) is 68.9 Å². The van der Waals surface area contributed by atoms with Gasteiger partial charge in [0.2, 0.25) is 5.91 Å². The van der Waals surface area contributed by atoms with E-state index >= 15 is 0 Å². The highest BCUT2D eigenvalue weighted by Crippen LogP contribution is 2.26. The fraction of sp³-hybridized carbons (Fsp3) is 0.304. The standard InChI is InChI=1S/C23H26BrN5O2S/c1-5-29-20(12-25-22(31)17-9-7-6-8-14(17)2)27-28-23(29)32-13-21(30)26-19-11-16(4)15(3)10-18(19)24/h6-11H,5,12-13H2,1-4H3,(H,25,31)(H,26,30). The van der Waals surface area contributed by atoms with Crippen molar-refractivity contribution in [2.24, 2.45) is 0 Å². The van der Waals surface area contributed by atoms with E-state index in [-0.39, 0.29) is 24.1 Å². The van der Waals surface area contributed by atoms with Crippen LogP contribution in [0.1, 0.15) is 39.8 Å². The number of aryl methyl sites for hydroxylation is 3. The Hall–Kier alpha value is -2.65. The third-order valence-corrected chi connectivity index (χ3v) is 6.72. The van der Waals surface area contributed by atoms with E-state index in [9.17, 15) is 9.59 Å². The maximum absolute atomic E-state index is 12.5. The van der Waals surface area contributed by atoms with Crippen molar-refractivity contribution in [2.45, 2.75) is 45.9 Å². The van der Waals surface area contributed by atoms with Gasteiger partial charge in [0.15, 0.2) is 11.0 Å². The second-order valence-corrected chi connectivity index (χ2v) is 9.19. The van der Waals surface area contributed by atoms with Gasteiger partial charge in [-0.1, -0.05) is 30.0 Å². The Morgan fingerprint density at radius 3 is 2.50 bits per heavy atom. The second kappa shape index (κ2) is 10.8. The van der Waals surface area contributed by atoms with Crippen LogP contribution >= 0.6 is 27.7 Å². The molecule has 0 spiro atoms. The van der Waals surface area contributed by atoms with E-state index in [0.29, 0.717) is 23.1 Å². The Kier molecular flexibility index (Phi) is 8.09. The molecule has 168 valence electrons. The first-order chi connectivity index (χ1) is 15.3. The van der Waals surface area contributed by atoms with Crippen molar-refractivity contribution in [1.82, 2.24) is 20.1 Å². The largest absolute Gasteiger partial charge is 0.345 e. The van der Waals surface area contributed by atoms with Crippen LogP contribution < -0.4 is 10.6 Å². The molecule has 2 N–H and O–H groups in total. The molecule has 7 nitrogen and oxygen atoms in total. The topological polar surface area (TPSA) is 88.9 Å². The van der Waals surface area contributed by atoms with Gasteiger partial charge in [-0.15, -0.1) is 10.2 Å². The van der Waals surface area contributed by atoms with Crippen molar-refractivity contribution in [3.63, 3.8) is 0 Å². The highest BCUT2D eigenvalue weighted by molar-refractivity contribution is 9.10. The van der Waals surface area contributed by atoms with Gasteiger partial charge in [-0.05, 0) is 78.5 Å². The fourth-order valence-corrected chi connectivity index (χ4v) is 4.53. The molecule has 1 heterocycles. The van der Waals surface area contributed by atoms with E-state index in [1.807, 2.05) is 62.6 Å². The molecule has 1 aromatic heterocycles. The predicted octanol–water partition coefficient (Wildman–Crippen LogP) is 4.65. The molecule has 0 atom stereocenters. The molecular formula is C23H26BrN5O2S. The van der Waals surface area contributed by atoms with Crippen molar-refractivity contribution < 1.29 is 9.59 Å². The van der Waals surface area contributed by atoms with Gasteiger partial charge in [0, 0.05) is 16.6 Å². The van der Waals surface area contributed by atoms with Gasteiger partial charge < -0.3 is 15.2 Å². The number of carbonyl (C=O) groups excluding carboxylic acids is 2. The van der Waals surface area contributed by atoms with Crippen LogP contribution in [0.2, 0.25) is 0 Å². The minimum Gasteiger partial charge on any atom is -0.345 e. The van der Waals surface area contributed by atoms with Crippen molar-refractivity contribution in [1.29, 1.82) is 0 Å². The first-order valence-corrected chi connectivity index (χ1v) is 12.0. The first kappa shape index (κ1) is 24.0. The van der Waals surface area contributed by atoms with Crippen LogP contribution in [0, 0.1) is 20.8 Å². The molecule has 32 heavy (non-hydrogen) atoms. The smallest absolute Gasteiger partial charge is 0.251 e. The number of benzene rings is 2. The molecule has 0 unspecified atom stereocenters. The average Bonchev–Trinajstić information content (AvgIpc) is 3.16. The first-order valence-electron chi connectivity index (χ1n) is 10.3. The zero-order valence-electron chi connectivity index (χ0n) is 18.5. The Balaban J connectivity index is 1.60. The number of carbonyl (C=O) groups is 2. The summed E-state index contributed by atoms with van der Waals surface area (Å²) < 4.78 is 2.75. The third-order valence-electron chi connectivity index (χ3n) is 5.10. The number of rotatable bonds is 8. The fourth-order valence-electron chi connectivity index (χ4n) is 3.15. The zero-order chi connectivity index (χ0) is 23.3. The molecule has 0 aliphatic carbocycles. The lowest BCUT2D eigenvalue weighted by molar-refractivity contribution is -0.113. The Bertz CT molecular complexity index is 1150.